The van der Waals surface area contributed by atoms with Crippen molar-refractivity contribution in [1.29, 1.82) is 0 Å². The average Bonchev–Trinajstić information content (AvgIpc) is 3.05. The summed E-state index contributed by atoms with van der Waals surface area (Å²) in [6.07, 6.45) is 3.51. The van der Waals surface area contributed by atoms with E-state index in [4.69, 9.17) is 9.47 Å². The summed E-state index contributed by atoms with van der Waals surface area (Å²) < 4.78 is 11.6. The lowest BCUT2D eigenvalue weighted by molar-refractivity contribution is -0.157. The lowest BCUT2D eigenvalue weighted by Gasteiger charge is -2.36. The summed E-state index contributed by atoms with van der Waals surface area (Å²) in [6, 6.07) is 11.8. The monoisotopic (exact) mass is 650 g/mol. The number of phenols is 1. The minimum Gasteiger partial charge on any atom is -0.508 e. The smallest absolute Gasteiger partial charge is 0.325 e. The number of esters is 1. The van der Waals surface area contributed by atoms with Gasteiger partial charge in [0, 0.05) is 20.1 Å². The van der Waals surface area contributed by atoms with Crippen molar-refractivity contribution in [3.05, 3.63) is 65.2 Å². The number of phenolic OH excluding ortho intramolecular Hbond substituents is 1. The highest BCUT2D eigenvalue weighted by molar-refractivity contribution is 5.93. The molecule has 0 aromatic heterocycles. The summed E-state index contributed by atoms with van der Waals surface area (Å²) in [6.45, 7) is 7.63. The van der Waals surface area contributed by atoms with Gasteiger partial charge in [-0.2, -0.15) is 0 Å². The molecule has 0 radical (unpaired) electrons. The summed E-state index contributed by atoms with van der Waals surface area (Å²) in [4.78, 5) is 54.6. The molecule has 256 valence electrons. The van der Waals surface area contributed by atoms with E-state index in [-0.39, 0.29) is 30.1 Å². The lowest BCUT2D eigenvalue weighted by Crippen LogP contribution is -2.62. The minimum atomic E-state index is -1.05. The first-order valence-electron chi connectivity index (χ1n) is 16.7. The van der Waals surface area contributed by atoms with Gasteiger partial charge in [0.25, 0.3) is 5.91 Å². The molecule has 6 atom stereocenters. The van der Waals surface area contributed by atoms with Gasteiger partial charge < -0.3 is 25.2 Å². The number of carbonyl (C=O) groups excluding carboxylic acids is 4. The number of nitrogens with one attached hydrogen (secondary N) is 3. The first-order valence-corrected chi connectivity index (χ1v) is 16.7. The second kappa shape index (κ2) is 16.7. The summed E-state index contributed by atoms with van der Waals surface area (Å²) in [7, 11) is 1.59. The molecule has 1 fully saturated rings. The van der Waals surface area contributed by atoms with Crippen LogP contribution in [0, 0.1) is 11.8 Å². The van der Waals surface area contributed by atoms with Crippen LogP contribution in [-0.4, -0.2) is 71.7 Å². The van der Waals surface area contributed by atoms with E-state index in [2.05, 4.69) is 28.2 Å². The molecule has 47 heavy (non-hydrogen) atoms. The third-order valence-corrected chi connectivity index (χ3v) is 9.14. The van der Waals surface area contributed by atoms with Crippen molar-refractivity contribution in [3.8, 4) is 5.75 Å². The quantitative estimate of drug-likeness (QED) is 0.366. The van der Waals surface area contributed by atoms with Crippen LogP contribution >= 0.6 is 0 Å². The van der Waals surface area contributed by atoms with Crippen LogP contribution in [0.3, 0.4) is 0 Å². The first kappa shape index (κ1) is 35.9. The Morgan fingerprint density at radius 1 is 0.957 bits per heavy atom. The van der Waals surface area contributed by atoms with Crippen LogP contribution in [0.1, 0.15) is 82.6 Å². The number of methoxy groups -OCH3 is 1. The van der Waals surface area contributed by atoms with Crippen LogP contribution in [0.15, 0.2) is 48.5 Å². The molecule has 0 saturated carbocycles. The van der Waals surface area contributed by atoms with Gasteiger partial charge in [0.15, 0.2) is 0 Å². The van der Waals surface area contributed by atoms with Gasteiger partial charge in [-0.25, -0.2) is 5.43 Å². The van der Waals surface area contributed by atoms with Crippen molar-refractivity contribution < 1.29 is 33.8 Å². The molecular weight excluding hydrogens is 600 g/mol. The number of amides is 3. The summed E-state index contributed by atoms with van der Waals surface area (Å²) >= 11 is 0. The molecule has 0 aliphatic carbocycles. The molecule has 11 heteroatoms. The Balaban J connectivity index is 1.64. The molecule has 2 aromatic rings. The van der Waals surface area contributed by atoms with E-state index in [1.54, 1.807) is 26.2 Å². The van der Waals surface area contributed by atoms with Gasteiger partial charge in [0.05, 0.1) is 12.0 Å². The largest absolute Gasteiger partial charge is 0.508 e. The highest BCUT2D eigenvalue weighted by atomic mass is 16.5. The summed E-state index contributed by atoms with van der Waals surface area (Å²) in [5, 5.41) is 17.2. The predicted octanol–water partition coefficient (Wildman–Crippen LogP) is 3.74. The number of aromatic hydroxyl groups is 1. The number of rotatable bonds is 4. The Morgan fingerprint density at radius 3 is 2.45 bits per heavy atom. The zero-order chi connectivity index (χ0) is 34.1. The number of nitrogens with zero attached hydrogens (tertiary/aromatic N) is 1. The van der Waals surface area contributed by atoms with Crippen LogP contribution in [0.5, 0.6) is 5.75 Å². The molecule has 0 spiro atoms. The van der Waals surface area contributed by atoms with E-state index in [0.717, 1.165) is 30.4 Å². The highest BCUT2D eigenvalue weighted by Gasteiger charge is 2.36. The SMILES string of the molecule is COC1CCCCc2cccc(c2)C(C)OC(=O)C2CCCN(N2)C(=O)C(Cc2cccc(O)c2)NC(=O)C(C(C)C)NC(=O)C1C. The molecule has 2 aromatic carbocycles. The number of carbonyl (C=O) groups is 4. The Morgan fingerprint density at radius 2 is 1.72 bits per heavy atom. The van der Waals surface area contributed by atoms with E-state index in [9.17, 15) is 24.3 Å². The zero-order valence-corrected chi connectivity index (χ0v) is 28.2. The summed E-state index contributed by atoms with van der Waals surface area (Å²) in [5.74, 6) is -2.46. The maximum absolute atomic E-state index is 14.0. The van der Waals surface area contributed by atoms with Crippen LogP contribution in [0.2, 0.25) is 0 Å². The van der Waals surface area contributed by atoms with Gasteiger partial charge in [-0.15, -0.1) is 0 Å². The van der Waals surface area contributed by atoms with Gasteiger partial charge in [-0.1, -0.05) is 63.6 Å². The van der Waals surface area contributed by atoms with Crippen LogP contribution in [0.4, 0.5) is 0 Å². The second-order valence-corrected chi connectivity index (χ2v) is 13.1. The standard InChI is InChI=1S/C36H50N4O7/c1-22(2)32-34(43)37-30(21-26-13-9-15-28(41)20-26)35(44)40-18-10-16-29(39-40)36(45)47-24(4)27-14-8-12-25(19-27)11-6-7-17-31(46-5)23(3)33(42)38-32/h8-9,12-15,19-20,22-24,29-32,39,41H,6-7,10-11,16-18,21H2,1-5H3,(H,37,43)(H,38,42). The van der Waals surface area contributed by atoms with E-state index in [1.807, 2.05) is 32.9 Å². The zero-order valence-electron chi connectivity index (χ0n) is 28.2. The van der Waals surface area contributed by atoms with E-state index in [1.165, 1.54) is 17.1 Å². The van der Waals surface area contributed by atoms with Crippen molar-refractivity contribution in [1.82, 2.24) is 21.1 Å². The molecule has 3 amide bonds. The van der Waals surface area contributed by atoms with Gasteiger partial charge in [0.2, 0.25) is 11.8 Å². The molecule has 4 bridgehead atoms. The summed E-state index contributed by atoms with van der Waals surface area (Å²) in [5.41, 5.74) is 5.69. The number of aryl methyl sites for hydroxylation is 1. The fourth-order valence-electron chi connectivity index (χ4n) is 6.24. The Labute approximate surface area is 277 Å². The molecule has 4 rings (SSSR count). The molecule has 2 aliphatic rings. The van der Waals surface area contributed by atoms with E-state index in [0.29, 0.717) is 31.4 Å². The third-order valence-electron chi connectivity index (χ3n) is 9.14. The number of hydrogen-bond acceptors (Lipinski definition) is 8. The minimum absolute atomic E-state index is 0.0345. The van der Waals surface area contributed by atoms with Crippen molar-refractivity contribution in [2.75, 3.05) is 13.7 Å². The Bertz CT molecular complexity index is 1400. The number of hydrazine groups is 1. The van der Waals surface area contributed by atoms with E-state index >= 15 is 0 Å². The van der Waals surface area contributed by atoms with Gasteiger partial charge in [-0.3, -0.25) is 24.2 Å². The number of benzene rings is 2. The number of hydrogen-bond donors (Lipinski definition) is 4. The number of cyclic esters (lactones) is 1. The molecule has 1 saturated heterocycles. The van der Waals surface area contributed by atoms with Crippen molar-refractivity contribution in [3.63, 3.8) is 0 Å². The second-order valence-electron chi connectivity index (χ2n) is 13.1. The van der Waals surface area contributed by atoms with Crippen molar-refractivity contribution >= 4 is 23.7 Å². The van der Waals surface area contributed by atoms with Crippen LogP contribution in [-0.2, 0) is 41.5 Å². The average molecular weight is 651 g/mol. The van der Waals surface area contributed by atoms with Crippen molar-refractivity contribution in [2.45, 2.75) is 103 Å². The van der Waals surface area contributed by atoms with E-state index < -0.39 is 47.9 Å². The maximum Gasteiger partial charge on any atom is 0.325 e. The van der Waals surface area contributed by atoms with Crippen LogP contribution in [0.25, 0.3) is 0 Å². The third kappa shape index (κ3) is 9.77. The fourth-order valence-corrected chi connectivity index (χ4v) is 6.24. The number of fused-ring (bicyclic) bond motifs is 4. The van der Waals surface area contributed by atoms with Gasteiger partial charge >= 0.3 is 5.97 Å². The molecular formula is C36H50N4O7. The van der Waals surface area contributed by atoms with Gasteiger partial charge in [-0.05, 0) is 73.8 Å². The molecule has 11 nitrogen and oxygen atoms in total. The molecule has 2 aliphatic heterocycles. The Hall–Kier alpha value is -3.96. The molecule has 2 heterocycles. The maximum atomic E-state index is 14.0. The predicted molar refractivity (Wildman–Crippen MR) is 177 cm³/mol. The number of ether oxygens (including phenoxy) is 2. The van der Waals surface area contributed by atoms with Crippen LogP contribution < -0.4 is 16.1 Å². The fraction of sp³-hybridized carbons (Fsp3) is 0.556. The van der Waals surface area contributed by atoms with Gasteiger partial charge in [0.1, 0.15) is 30.0 Å². The highest BCUT2D eigenvalue weighted by Crippen LogP contribution is 2.23. The lowest BCUT2D eigenvalue weighted by atomic mass is 9.95. The molecule has 4 N–H and O–H groups in total. The first-order chi connectivity index (χ1) is 22.5. The van der Waals surface area contributed by atoms with Crippen molar-refractivity contribution in [2.24, 2.45) is 11.8 Å². The topological polar surface area (TPSA) is 146 Å². The normalized spacial score (nSPS) is 27.2. The molecule has 6 unspecified atom stereocenters. The Kier molecular flexibility index (Phi) is 12.8.